The zero-order chi connectivity index (χ0) is 21.8. The minimum Gasteiger partial charge on any atom is -0.411 e. The number of oxime groups is 1. The van der Waals surface area contributed by atoms with Crippen molar-refractivity contribution < 1.29 is 10.0 Å². The number of hydrogen-bond acceptors (Lipinski definition) is 5. The molecule has 0 radical (unpaired) electrons. The van der Waals surface area contributed by atoms with E-state index in [2.05, 4.69) is 27.1 Å². The number of carbonyl (C=O) groups is 1. The lowest BCUT2D eigenvalue weighted by atomic mass is 10.1. The fourth-order valence-electron chi connectivity index (χ4n) is 4.42. The first kappa shape index (κ1) is 21.7. The minimum absolute atomic E-state index is 0.00280. The summed E-state index contributed by atoms with van der Waals surface area (Å²) in [6.45, 7) is 6.58. The lowest BCUT2D eigenvalue weighted by Gasteiger charge is -2.36. The van der Waals surface area contributed by atoms with Crippen molar-refractivity contribution in [3.63, 3.8) is 0 Å². The fourth-order valence-corrected chi connectivity index (χ4v) is 4.55. The van der Waals surface area contributed by atoms with Gasteiger partial charge in [-0.15, -0.1) is 0 Å². The van der Waals surface area contributed by atoms with Crippen molar-refractivity contribution in [3.05, 3.63) is 52.8 Å². The molecule has 2 aliphatic heterocycles. The monoisotopic (exact) mass is 443 g/mol. The van der Waals surface area contributed by atoms with Crippen molar-refractivity contribution in [1.82, 2.24) is 14.4 Å². The van der Waals surface area contributed by atoms with Crippen molar-refractivity contribution in [2.45, 2.75) is 25.8 Å². The summed E-state index contributed by atoms with van der Waals surface area (Å²) in [5.41, 5.74) is 3.22. The van der Waals surface area contributed by atoms with Crippen LogP contribution in [0.3, 0.4) is 0 Å². The van der Waals surface area contributed by atoms with E-state index < -0.39 is 0 Å². The van der Waals surface area contributed by atoms with Gasteiger partial charge in [0.05, 0.1) is 5.71 Å². The van der Waals surface area contributed by atoms with Crippen LogP contribution in [-0.4, -0.2) is 77.5 Å². The summed E-state index contributed by atoms with van der Waals surface area (Å²) in [6.07, 6.45) is 4.59. The molecule has 1 N–H and O–H groups in total. The quantitative estimate of drug-likeness (QED) is 0.422. The van der Waals surface area contributed by atoms with Crippen LogP contribution in [0.5, 0.6) is 0 Å². The summed E-state index contributed by atoms with van der Waals surface area (Å²) in [5, 5.41) is 13.5. The molecule has 2 aromatic rings. The fraction of sp³-hybridized carbons (Fsp3) is 0.478. The summed E-state index contributed by atoms with van der Waals surface area (Å²) in [6, 6.07) is 9.97. The molecule has 1 saturated heterocycles. The van der Waals surface area contributed by atoms with Gasteiger partial charge < -0.3 is 19.6 Å². The SMILES string of the molecule is CN1CCC(=NO)c2ccn(CCCCN3CCN(c4ccc(Cl)cc4)CC3)c2C1=O. The summed E-state index contributed by atoms with van der Waals surface area (Å²) in [4.78, 5) is 19.4. The second kappa shape index (κ2) is 9.75. The zero-order valence-electron chi connectivity index (χ0n) is 18.0. The van der Waals surface area contributed by atoms with Crippen LogP contribution in [0.1, 0.15) is 35.3 Å². The topological polar surface area (TPSA) is 64.3 Å². The van der Waals surface area contributed by atoms with E-state index in [4.69, 9.17) is 11.6 Å². The highest BCUT2D eigenvalue weighted by molar-refractivity contribution is 6.30. The van der Waals surface area contributed by atoms with Crippen LogP contribution < -0.4 is 4.90 Å². The van der Waals surface area contributed by atoms with Crippen molar-refractivity contribution in [1.29, 1.82) is 0 Å². The first-order valence-corrected chi connectivity index (χ1v) is 11.3. The predicted molar refractivity (Wildman–Crippen MR) is 124 cm³/mol. The third kappa shape index (κ3) is 4.88. The Bertz CT molecular complexity index is 932. The van der Waals surface area contributed by atoms with Gasteiger partial charge in [-0.2, -0.15) is 0 Å². The van der Waals surface area contributed by atoms with Gasteiger partial charge in [-0.1, -0.05) is 16.8 Å². The Morgan fingerprint density at radius 3 is 2.42 bits per heavy atom. The molecule has 166 valence electrons. The molecule has 3 heterocycles. The highest BCUT2D eigenvalue weighted by atomic mass is 35.5. The van der Waals surface area contributed by atoms with Gasteiger partial charge in [-0.25, -0.2) is 0 Å². The lowest BCUT2D eigenvalue weighted by molar-refractivity contribution is 0.0791. The van der Waals surface area contributed by atoms with Crippen LogP contribution >= 0.6 is 11.6 Å². The Labute approximate surface area is 188 Å². The number of amides is 1. The van der Waals surface area contributed by atoms with E-state index in [1.807, 2.05) is 29.0 Å². The molecular formula is C23H30ClN5O2. The number of unbranched alkanes of at least 4 members (excludes halogenated alkanes) is 1. The molecule has 1 fully saturated rings. The summed E-state index contributed by atoms with van der Waals surface area (Å²) < 4.78 is 2.02. The van der Waals surface area contributed by atoms with Crippen LogP contribution in [0.4, 0.5) is 5.69 Å². The van der Waals surface area contributed by atoms with Gasteiger partial charge in [-0.05, 0) is 49.7 Å². The maximum absolute atomic E-state index is 12.8. The number of aryl methyl sites for hydroxylation is 1. The molecule has 0 aliphatic carbocycles. The second-order valence-electron chi connectivity index (χ2n) is 8.31. The first-order chi connectivity index (χ1) is 15.1. The molecular weight excluding hydrogens is 414 g/mol. The Kier molecular flexibility index (Phi) is 6.83. The highest BCUT2D eigenvalue weighted by Crippen LogP contribution is 2.22. The van der Waals surface area contributed by atoms with Crippen LogP contribution in [0.15, 0.2) is 41.7 Å². The number of hydrogen-bond donors (Lipinski definition) is 1. The number of carbonyl (C=O) groups excluding carboxylic acids is 1. The van der Waals surface area contributed by atoms with Gasteiger partial charge in [0.15, 0.2) is 0 Å². The standard InChI is InChI=1S/C23H30ClN5O2/c1-26-12-9-21(25-31)20-8-13-29(22(20)23(26)30)11-3-2-10-27-14-16-28(17-15-27)19-6-4-18(24)5-7-19/h4-8,13,31H,2-3,9-12,14-17H2,1H3. The van der Waals surface area contributed by atoms with Gasteiger partial charge in [0.2, 0.25) is 0 Å². The third-order valence-corrected chi connectivity index (χ3v) is 6.57. The number of fused-ring (bicyclic) bond motifs is 1. The average molecular weight is 444 g/mol. The van der Waals surface area contributed by atoms with Crippen LogP contribution in [-0.2, 0) is 6.54 Å². The molecule has 0 bridgehead atoms. The molecule has 0 saturated carbocycles. The van der Waals surface area contributed by atoms with Gasteiger partial charge in [-0.3, -0.25) is 9.69 Å². The second-order valence-corrected chi connectivity index (χ2v) is 8.74. The Morgan fingerprint density at radius 2 is 1.71 bits per heavy atom. The predicted octanol–water partition coefficient (Wildman–Crippen LogP) is 3.40. The van der Waals surface area contributed by atoms with E-state index in [1.165, 1.54) is 5.69 Å². The smallest absolute Gasteiger partial charge is 0.270 e. The number of halogens is 1. The van der Waals surface area contributed by atoms with E-state index in [0.717, 1.165) is 62.7 Å². The zero-order valence-corrected chi connectivity index (χ0v) is 18.8. The molecule has 1 aromatic heterocycles. The first-order valence-electron chi connectivity index (χ1n) is 11.0. The van der Waals surface area contributed by atoms with Crippen molar-refractivity contribution >= 4 is 28.9 Å². The summed E-state index contributed by atoms with van der Waals surface area (Å²) >= 11 is 5.99. The number of nitrogens with zero attached hydrogens (tertiary/aromatic N) is 5. The Balaban J connectivity index is 1.26. The number of anilines is 1. The number of piperazine rings is 1. The van der Waals surface area contributed by atoms with Gasteiger partial charge in [0.1, 0.15) is 5.69 Å². The lowest BCUT2D eigenvalue weighted by Crippen LogP contribution is -2.46. The average Bonchev–Trinajstić information content (AvgIpc) is 3.16. The number of rotatable bonds is 6. The van der Waals surface area contributed by atoms with Crippen molar-refractivity contribution in [2.24, 2.45) is 5.16 Å². The Hall–Kier alpha value is -2.51. The number of aromatic nitrogens is 1. The van der Waals surface area contributed by atoms with Crippen LogP contribution in [0, 0.1) is 0 Å². The van der Waals surface area contributed by atoms with E-state index in [9.17, 15) is 10.0 Å². The molecule has 7 nitrogen and oxygen atoms in total. The highest BCUT2D eigenvalue weighted by Gasteiger charge is 2.27. The molecule has 31 heavy (non-hydrogen) atoms. The molecule has 8 heteroatoms. The third-order valence-electron chi connectivity index (χ3n) is 6.32. The van der Waals surface area contributed by atoms with Crippen LogP contribution in [0.2, 0.25) is 5.02 Å². The largest absolute Gasteiger partial charge is 0.411 e. The van der Waals surface area contributed by atoms with Crippen LogP contribution in [0.25, 0.3) is 0 Å². The van der Waals surface area contributed by atoms with E-state index in [0.29, 0.717) is 24.4 Å². The molecule has 2 aliphatic rings. The van der Waals surface area contributed by atoms with Crippen molar-refractivity contribution in [3.8, 4) is 0 Å². The van der Waals surface area contributed by atoms with Gasteiger partial charge >= 0.3 is 0 Å². The summed E-state index contributed by atoms with van der Waals surface area (Å²) in [7, 11) is 1.80. The Morgan fingerprint density at radius 1 is 1.00 bits per heavy atom. The van der Waals surface area contributed by atoms with Crippen molar-refractivity contribution in [2.75, 3.05) is 51.2 Å². The normalized spacial score (nSPS) is 19.0. The molecule has 4 rings (SSSR count). The van der Waals surface area contributed by atoms with Gasteiger partial charge in [0.25, 0.3) is 5.91 Å². The number of benzene rings is 1. The molecule has 0 spiro atoms. The minimum atomic E-state index is -0.00280. The molecule has 1 amide bonds. The molecule has 1 aromatic carbocycles. The maximum atomic E-state index is 12.8. The van der Waals surface area contributed by atoms with E-state index in [1.54, 1.807) is 11.9 Å². The van der Waals surface area contributed by atoms with Gasteiger partial charge in [0, 0.05) is 75.2 Å². The summed E-state index contributed by atoms with van der Waals surface area (Å²) in [5.74, 6) is -0.00280. The molecule has 0 unspecified atom stereocenters. The van der Waals surface area contributed by atoms with E-state index in [-0.39, 0.29) is 5.91 Å². The maximum Gasteiger partial charge on any atom is 0.270 e. The van der Waals surface area contributed by atoms with E-state index >= 15 is 0 Å². The molecule has 0 atom stereocenters.